The molecule has 1 aromatic carbocycles. The Bertz CT molecular complexity index is 716. The van der Waals surface area contributed by atoms with Crippen molar-refractivity contribution in [2.24, 2.45) is 16.1 Å². The van der Waals surface area contributed by atoms with Gasteiger partial charge in [0.2, 0.25) is 5.91 Å². The summed E-state index contributed by atoms with van der Waals surface area (Å²) >= 11 is 0. The number of alkyl halides is 3. The highest BCUT2D eigenvalue weighted by molar-refractivity contribution is 5.82. The molecule has 1 amide bonds. The number of primary amides is 1. The van der Waals surface area contributed by atoms with Gasteiger partial charge in [-0.1, -0.05) is 12.1 Å². The van der Waals surface area contributed by atoms with Gasteiger partial charge in [-0.15, -0.1) is 0 Å². The fourth-order valence-corrected chi connectivity index (χ4v) is 3.02. The Labute approximate surface area is 169 Å². The number of hydrogen-bond donors (Lipinski definition) is 3. The predicted octanol–water partition coefficient (Wildman–Crippen LogP) is 2.35. The number of aliphatic imine (C=N–C) groups is 1. The average molecular weight is 413 g/mol. The minimum atomic E-state index is -4.31. The molecule has 1 aromatic rings. The molecule has 1 aliphatic heterocycles. The van der Waals surface area contributed by atoms with Gasteiger partial charge in [-0.05, 0) is 44.9 Å². The van der Waals surface area contributed by atoms with Gasteiger partial charge in [0.05, 0.1) is 17.5 Å². The zero-order valence-corrected chi connectivity index (χ0v) is 17.1. The van der Waals surface area contributed by atoms with Crippen LogP contribution in [-0.2, 0) is 17.5 Å². The highest BCUT2D eigenvalue weighted by Crippen LogP contribution is 2.29. The Kier molecular flexibility index (Phi) is 7.51. The van der Waals surface area contributed by atoms with Crippen molar-refractivity contribution in [1.29, 1.82) is 0 Å². The van der Waals surface area contributed by atoms with Crippen molar-refractivity contribution in [2.45, 2.75) is 46.0 Å². The van der Waals surface area contributed by atoms with Crippen molar-refractivity contribution in [1.82, 2.24) is 15.5 Å². The standard InChI is InChI=1S/C20H30F3N5O/c1-4-25-18(26-13-19(2,3)17(24)29)27-16-9-10-28(12-16)11-14-5-7-15(8-6-14)20(21,22)23/h5-8,16H,4,9-13H2,1-3H3,(H2,24,29)(H2,25,26,27). The maximum atomic E-state index is 12.7. The van der Waals surface area contributed by atoms with Crippen molar-refractivity contribution in [3.05, 3.63) is 35.4 Å². The summed E-state index contributed by atoms with van der Waals surface area (Å²) in [4.78, 5) is 18.1. The molecular weight excluding hydrogens is 383 g/mol. The molecule has 1 heterocycles. The van der Waals surface area contributed by atoms with E-state index in [9.17, 15) is 18.0 Å². The van der Waals surface area contributed by atoms with E-state index in [1.807, 2.05) is 6.92 Å². The lowest BCUT2D eigenvalue weighted by Crippen LogP contribution is -2.45. The number of guanidine groups is 1. The molecule has 9 heteroatoms. The number of nitrogens with zero attached hydrogens (tertiary/aromatic N) is 2. The third kappa shape index (κ3) is 6.92. The Hall–Kier alpha value is -2.29. The Morgan fingerprint density at radius 3 is 2.48 bits per heavy atom. The van der Waals surface area contributed by atoms with Crippen molar-refractivity contribution < 1.29 is 18.0 Å². The van der Waals surface area contributed by atoms with Crippen molar-refractivity contribution in [3.63, 3.8) is 0 Å². The van der Waals surface area contributed by atoms with E-state index in [0.29, 0.717) is 19.0 Å². The van der Waals surface area contributed by atoms with Gasteiger partial charge in [0.1, 0.15) is 0 Å². The summed E-state index contributed by atoms with van der Waals surface area (Å²) in [7, 11) is 0. The van der Waals surface area contributed by atoms with Gasteiger partial charge in [-0.2, -0.15) is 13.2 Å². The second-order valence-electron chi connectivity index (χ2n) is 8.00. The van der Waals surface area contributed by atoms with Crippen molar-refractivity contribution in [3.8, 4) is 0 Å². The summed E-state index contributed by atoms with van der Waals surface area (Å²) in [6.07, 6.45) is -3.42. The number of nitrogens with one attached hydrogen (secondary N) is 2. The average Bonchev–Trinajstić information content (AvgIpc) is 3.06. The molecule has 6 nitrogen and oxygen atoms in total. The monoisotopic (exact) mass is 413 g/mol. The number of carbonyl (C=O) groups excluding carboxylic acids is 1. The normalized spacial score (nSPS) is 18.7. The minimum Gasteiger partial charge on any atom is -0.369 e. The smallest absolute Gasteiger partial charge is 0.369 e. The number of likely N-dealkylation sites (tertiary alicyclic amines) is 1. The number of benzene rings is 1. The first kappa shape index (κ1) is 23.0. The van der Waals surface area contributed by atoms with Crippen LogP contribution in [0.4, 0.5) is 13.2 Å². The zero-order chi connectivity index (χ0) is 21.7. The molecule has 2 rings (SSSR count). The van der Waals surface area contributed by atoms with E-state index < -0.39 is 23.1 Å². The lowest BCUT2D eigenvalue weighted by molar-refractivity contribution is -0.137. The van der Waals surface area contributed by atoms with Gasteiger partial charge in [0, 0.05) is 32.2 Å². The van der Waals surface area contributed by atoms with Crippen LogP contribution in [0.15, 0.2) is 29.3 Å². The fourth-order valence-electron chi connectivity index (χ4n) is 3.02. The van der Waals surface area contributed by atoms with Gasteiger partial charge in [-0.25, -0.2) is 0 Å². The topological polar surface area (TPSA) is 82.7 Å². The summed E-state index contributed by atoms with van der Waals surface area (Å²) in [5.41, 5.74) is 4.89. The van der Waals surface area contributed by atoms with E-state index in [1.54, 1.807) is 13.8 Å². The number of nitrogens with two attached hydrogens (primary N) is 1. The van der Waals surface area contributed by atoms with Gasteiger partial charge < -0.3 is 16.4 Å². The number of rotatable bonds is 7. The molecule has 0 spiro atoms. The van der Waals surface area contributed by atoms with E-state index in [4.69, 9.17) is 5.73 Å². The number of halogens is 3. The van der Waals surface area contributed by atoms with Crippen molar-refractivity contribution >= 4 is 11.9 Å². The highest BCUT2D eigenvalue weighted by Gasteiger charge is 2.30. The highest BCUT2D eigenvalue weighted by atomic mass is 19.4. The maximum absolute atomic E-state index is 12.7. The Morgan fingerprint density at radius 1 is 1.28 bits per heavy atom. The number of carbonyl (C=O) groups is 1. The second kappa shape index (κ2) is 9.47. The molecule has 1 aliphatic rings. The number of amides is 1. The van der Waals surface area contributed by atoms with Crippen LogP contribution >= 0.6 is 0 Å². The van der Waals surface area contributed by atoms with E-state index >= 15 is 0 Å². The summed E-state index contributed by atoms with van der Waals surface area (Å²) in [5, 5.41) is 6.54. The maximum Gasteiger partial charge on any atom is 0.416 e. The van der Waals surface area contributed by atoms with Gasteiger partial charge in [-0.3, -0.25) is 14.7 Å². The molecule has 0 aromatic heterocycles. The van der Waals surface area contributed by atoms with E-state index in [-0.39, 0.29) is 12.6 Å². The minimum absolute atomic E-state index is 0.166. The zero-order valence-electron chi connectivity index (χ0n) is 17.1. The molecule has 0 saturated carbocycles. The van der Waals surface area contributed by atoms with Crippen LogP contribution in [0.25, 0.3) is 0 Å². The van der Waals surface area contributed by atoms with Gasteiger partial charge in [0.25, 0.3) is 0 Å². The molecule has 0 radical (unpaired) electrons. The molecule has 1 unspecified atom stereocenters. The number of hydrogen-bond acceptors (Lipinski definition) is 3. The Morgan fingerprint density at radius 2 is 1.93 bits per heavy atom. The van der Waals surface area contributed by atoms with Crippen molar-refractivity contribution in [2.75, 3.05) is 26.2 Å². The molecule has 29 heavy (non-hydrogen) atoms. The van der Waals surface area contributed by atoms with Crippen LogP contribution in [0, 0.1) is 5.41 Å². The van der Waals surface area contributed by atoms with Crippen LogP contribution in [0.5, 0.6) is 0 Å². The quantitative estimate of drug-likeness (QED) is 0.473. The molecule has 0 aliphatic carbocycles. The molecule has 0 bridgehead atoms. The van der Waals surface area contributed by atoms with E-state index in [2.05, 4.69) is 20.5 Å². The lowest BCUT2D eigenvalue weighted by atomic mass is 9.93. The Balaban J connectivity index is 1.91. The largest absolute Gasteiger partial charge is 0.416 e. The molecule has 1 saturated heterocycles. The van der Waals surface area contributed by atoms with Crippen LogP contribution in [0.1, 0.15) is 38.3 Å². The van der Waals surface area contributed by atoms with Gasteiger partial charge in [0.15, 0.2) is 5.96 Å². The summed E-state index contributed by atoms with van der Waals surface area (Å²) in [6, 6.07) is 5.47. The first-order valence-electron chi connectivity index (χ1n) is 9.74. The van der Waals surface area contributed by atoms with Crippen LogP contribution in [-0.4, -0.2) is 49.0 Å². The summed E-state index contributed by atoms with van der Waals surface area (Å²) in [5.74, 6) is 0.226. The first-order valence-corrected chi connectivity index (χ1v) is 9.74. The lowest BCUT2D eigenvalue weighted by Gasteiger charge is -2.21. The third-order valence-electron chi connectivity index (χ3n) is 4.94. The van der Waals surface area contributed by atoms with Crippen LogP contribution < -0.4 is 16.4 Å². The summed E-state index contributed by atoms with van der Waals surface area (Å²) < 4.78 is 38.0. The molecule has 1 fully saturated rings. The summed E-state index contributed by atoms with van der Waals surface area (Å²) in [6.45, 7) is 8.62. The molecule has 4 N–H and O–H groups in total. The van der Waals surface area contributed by atoms with Crippen LogP contribution in [0.3, 0.4) is 0 Å². The molecule has 162 valence electrons. The molecular formula is C20H30F3N5O. The predicted molar refractivity (Wildman–Crippen MR) is 107 cm³/mol. The van der Waals surface area contributed by atoms with E-state index in [1.165, 1.54) is 12.1 Å². The second-order valence-corrected chi connectivity index (χ2v) is 8.00. The fraction of sp³-hybridized carbons (Fsp3) is 0.600. The van der Waals surface area contributed by atoms with E-state index in [0.717, 1.165) is 37.2 Å². The molecule has 1 atom stereocenters. The first-order chi connectivity index (χ1) is 13.5. The third-order valence-corrected chi connectivity index (χ3v) is 4.94. The van der Waals surface area contributed by atoms with Crippen LogP contribution in [0.2, 0.25) is 0 Å². The SMILES string of the molecule is CCNC(=NCC(C)(C)C(N)=O)NC1CCN(Cc2ccc(C(F)(F)F)cc2)C1. The van der Waals surface area contributed by atoms with Gasteiger partial charge >= 0.3 is 6.18 Å².